The van der Waals surface area contributed by atoms with Gasteiger partial charge in [0, 0.05) is 18.5 Å². The first-order valence-corrected chi connectivity index (χ1v) is 13.9. The van der Waals surface area contributed by atoms with Crippen LogP contribution in [0.4, 0.5) is 0 Å². The van der Waals surface area contributed by atoms with Crippen LogP contribution in [0.15, 0.2) is 48.5 Å². The summed E-state index contributed by atoms with van der Waals surface area (Å²) in [6.07, 6.45) is -0.883. The molecule has 9 nitrogen and oxygen atoms in total. The van der Waals surface area contributed by atoms with Crippen LogP contribution in [0, 0.1) is 0 Å². The maximum Gasteiger partial charge on any atom is 0.307 e. The van der Waals surface area contributed by atoms with Crippen LogP contribution in [0.1, 0.15) is 37.8 Å². The molecule has 0 saturated carbocycles. The monoisotopic (exact) mass is 578 g/mol. The maximum absolute atomic E-state index is 11.8. The number of ether oxygens (including phenoxy) is 4. The Balaban J connectivity index is 1.85. The predicted octanol–water partition coefficient (Wildman–Crippen LogP) is 3.39. The normalized spacial score (nSPS) is 13.0. The first-order chi connectivity index (χ1) is 19.0. The number of alkyl halides is 1. The highest BCUT2D eigenvalue weighted by Gasteiger charge is 2.23. The number of aliphatic hydroxyl groups is 1. The molecule has 0 amide bonds. The van der Waals surface area contributed by atoms with E-state index in [-0.39, 0.29) is 55.9 Å². The number of carbonyl (C=O) groups excluding carboxylic acids is 2. The van der Waals surface area contributed by atoms with Gasteiger partial charge in [-0.15, -0.1) is 11.6 Å². The minimum Gasteiger partial charge on any atom is -0.491 e. The van der Waals surface area contributed by atoms with Gasteiger partial charge in [0.1, 0.15) is 43.5 Å². The Morgan fingerprint density at radius 1 is 0.900 bits per heavy atom. The van der Waals surface area contributed by atoms with Crippen LogP contribution in [0.25, 0.3) is 0 Å². The summed E-state index contributed by atoms with van der Waals surface area (Å²) < 4.78 is 21.9. The summed E-state index contributed by atoms with van der Waals surface area (Å²) in [6, 6.07) is 15.5. The second-order valence-corrected chi connectivity index (χ2v) is 10.6. The second-order valence-electron chi connectivity index (χ2n) is 10.3. The Bertz CT molecular complexity index is 1030. The Kier molecular flexibility index (Phi) is 14.2. The lowest BCUT2D eigenvalue weighted by Gasteiger charge is -2.26. The molecule has 222 valence electrons. The fourth-order valence-electron chi connectivity index (χ4n) is 3.69. The number of hydrogen-bond donors (Lipinski definition) is 2. The maximum atomic E-state index is 11.8. The quantitative estimate of drug-likeness (QED) is 0.203. The minimum absolute atomic E-state index is 0.0187. The van der Waals surface area contributed by atoms with E-state index in [0.717, 1.165) is 11.1 Å². The Morgan fingerprint density at radius 2 is 1.45 bits per heavy atom. The molecule has 0 radical (unpaired) electrons. The van der Waals surface area contributed by atoms with Crippen molar-refractivity contribution in [1.29, 1.82) is 0 Å². The van der Waals surface area contributed by atoms with E-state index < -0.39 is 12.2 Å². The van der Waals surface area contributed by atoms with Crippen molar-refractivity contribution in [3.05, 3.63) is 59.7 Å². The number of rotatable bonds is 18. The number of nitrogens with zero attached hydrogens (tertiary/aromatic N) is 1. The van der Waals surface area contributed by atoms with E-state index in [1.54, 1.807) is 7.05 Å². The zero-order valence-corrected chi connectivity index (χ0v) is 24.9. The Labute approximate surface area is 242 Å². The summed E-state index contributed by atoms with van der Waals surface area (Å²) in [6.45, 7) is 5.48. The van der Waals surface area contributed by atoms with Crippen molar-refractivity contribution < 1.29 is 33.6 Å². The van der Waals surface area contributed by atoms with E-state index in [9.17, 15) is 14.7 Å². The van der Waals surface area contributed by atoms with E-state index in [1.165, 1.54) is 0 Å². The predicted molar refractivity (Wildman–Crippen MR) is 155 cm³/mol. The minimum atomic E-state index is -0.912. The van der Waals surface area contributed by atoms with Crippen LogP contribution in [-0.2, 0) is 24.5 Å². The smallest absolute Gasteiger partial charge is 0.307 e. The molecule has 0 fully saturated rings. The fourth-order valence-corrected chi connectivity index (χ4v) is 3.84. The average molecular weight is 579 g/mol. The standard InChI is InChI=1S/C30H43ClN2O7/c1-30(2,23-8-12-26(13-9-23)38-21-27(18-31)40-29(36)14-16-32-3)22-6-10-25(11-7-22)37-19-24(34)20-39-28(35)15-17-33(4)5/h6-13,24,27,32,34H,14-21H2,1-5H3. The fraction of sp³-hybridized carbons (Fsp3) is 0.533. The first kappa shape index (κ1) is 33.4. The van der Waals surface area contributed by atoms with Crippen molar-refractivity contribution in [1.82, 2.24) is 10.2 Å². The summed E-state index contributed by atoms with van der Waals surface area (Å²) in [5, 5.41) is 13.0. The molecule has 40 heavy (non-hydrogen) atoms. The van der Waals surface area contributed by atoms with Gasteiger partial charge in [0.25, 0.3) is 0 Å². The highest BCUT2D eigenvalue weighted by molar-refractivity contribution is 6.18. The molecule has 0 aliphatic rings. The van der Waals surface area contributed by atoms with Crippen molar-refractivity contribution in [2.24, 2.45) is 0 Å². The van der Waals surface area contributed by atoms with Crippen LogP contribution < -0.4 is 14.8 Å². The lowest BCUT2D eigenvalue weighted by molar-refractivity contribution is -0.149. The third kappa shape index (κ3) is 11.7. The molecule has 0 saturated heterocycles. The molecular formula is C30H43ClN2O7. The number of hydrogen-bond acceptors (Lipinski definition) is 9. The van der Waals surface area contributed by atoms with Crippen molar-refractivity contribution in [3.63, 3.8) is 0 Å². The highest BCUT2D eigenvalue weighted by Crippen LogP contribution is 2.33. The van der Waals surface area contributed by atoms with Gasteiger partial charge in [-0.3, -0.25) is 9.59 Å². The van der Waals surface area contributed by atoms with E-state index in [0.29, 0.717) is 24.6 Å². The molecule has 2 N–H and O–H groups in total. The van der Waals surface area contributed by atoms with Crippen LogP contribution in [-0.4, -0.2) is 94.1 Å². The van der Waals surface area contributed by atoms with Gasteiger partial charge in [-0.25, -0.2) is 0 Å². The van der Waals surface area contributed by atoms with Gasteiger partial charge in [0.2, 0.25) is 0 Å². The zero-order valence-electron chi connectivity index (χ0n) is 24.2. The number of benzene rings is 2. The van der Waals surface area contributed by atoms with Crippen molar-refractivity contribution in [2.45, 2.75) is 44.3 Å². The molecule has 0 spiro atoms. The topological polar surface area (TPSA) is 107 Å². The molecule has 0 aliphatic heterocycles. The third-order valence-electron chi connectivity index (χ3n) is 6.28. The van der Waals surface area contributed by atoms with Crippen LogP contribution >= 0.6 is 11.6 Å². The van der Waals surface area contributed by atoms with E-state index in [2.05, 4.69) is 19.2 Å². The Morgan fingerprint density at radius 3 is 1.95 bits per heavy atom. The van der Waals surface area contributed by atoms with Gasteiger partial charge in [-0.2, -0.15) is 0 Å². The molecule has 0 aromatic heterocycles. The number of carbonyl (C=O) groups is 2. The van der Waals surface area contributed by atoms with Gasteiger partial charge in [-0.05, 0) is 56.5 Å². The van der Waals surface area contributed by atoms with Crippen molar-refractivity contribution in [2.75, 3.05) is 59.9 Å². The van der Waals surface area contributed by atoms with E-state index in [4.69, 9.17) is 30.5 Å². The molecular weight excluding hydrogens is 536 g/mol. The second kappa shape index (κ2) is 17.1. The van der Waals surface area contributed by atoms with E-state index in [1.807, 2.05) is 67.5 Å². The third-order valence-corrected chi connectivity index (χ3v) is 6.62. The molecule has 0 aliphatic carbocycles. The number of nitrogens with one attached hydrogen (secondary N) is 1. The zero-order chi connectivity index (χ0) is 29.5. The van der Waals surface area contributed by atoms with Gasteiger partial charge in [-0.1, -0.05) is 38.1 Å². The van der Waals surface area contributed by atoms with Crippen molar-refractivity contribution in [3.8, 4) is 11.5 Å². The summed E-state index contributed by atoms with van der Waals surface area (Å²) >= 11 is 5.94. The molecule has 2 unspecified atom stereocenters. The highest BCUT2D eigenvalue weighted by atomic mass is 35.5. The van der Waals surface area contributed by atoms with Crippen LogP contribution in [0.5, 0.6) is 11.5 Å². The van der Waals surface area contributed by atoms with Gasteiger partial charge < -0.3 is 34.3 Å². The molecule has 2 atom stereocenters. The molecule has 2 aromatic rings. The SMILES string of the molecule is CNCCC(=O)OC(CCl)COc1ccc(C(C)(C)c2ccc(OCC(O)COC(=O)CCN(C)C)cc2)cc1. The number of esters is 2. The summed E-state index contributed by atoms with van der Waals surface area (Å²) in [4.78, 5) is 25.4. The van der Waals surface area contributed by atoms with Crippen molar-refractivity contribution >= 4 is 23.5 Å². The Hall–Kier alpha value is -2.85. The molecule has 0 bridgehead atoms. The molecule has 2 rings (SSSR count). The van der Waals surface area contributed by atoms with E-state index >= 15 is 0 Å². The van der Waals surface area contributed by atoms with Gasteiger partial charge in [0.15, 0.2) is 0 Å². The first-order valence-electron chi connectivity index (χ1n) is 13.4. The van der Waals surface area contributed by atoms with Crippen LogP contribution in [0.3, 0.4) is 0 Å². The van der Waals surface area contributed by atoms with Gasteiger partial charge >= 0.3 is 11.9 Å². The average Bonchev–Trinajstić information content (AvgIpc) is 2.95. The van der Waals surface area contributed by atoms with Gasteiger partial charge in [0.05, 0.1) is 18.7 Å². The number of aliphatic hydroxyl groups excluding tert-OH is 1. The summed E-state index contributed by atoms with van der Waals surface area (Å²) in [5.41, 5.74) is 1.88. The number of halogens is 1. The lowest BCUT2D eigenvalue weighted by atomic mass is 9.78. The molecule has 2 aromatic carbocycles. The largest absolute Gasteiger partial charge is 0.491 e. The van der Waals surface area contributed by atoms with Crippen LogP contribution in [0.2, 0.25) is 0 Å². The molecule has 0 heterocycles. The molecule has 10 heteroatoms. The summed E-state index contributed by atoms with van der Waals surface area (Å²) in [7, 11) is 5.53. The lowest BCUT2D eigenvalue weighted by Crippen LogP contribution is -2.28. The summed E-state index contributed by atoms with van der Waals surface area (Å²) in [5.74, 6) is 0.762.